The van der Waals surface area contributed by atoms with E-state index in [-0.39, 0.29) is 37.2 Å². The number of carbonyl (C=O) groups excluding carboxylic acids is 5. The largest absolute Gasteiger partial charge is 0.496 e. The number of ether oxygens (including phenoxy) is 3. The second kappa shape index (κ2) is 14.3. The zero-order valence-electron chi connectivity index (χ0n) is 25.1. The molecule has 0 spiro atoms. The summed E-state index contributed by atoms with van der Waals surface area (Å²) in [7, 11) is 2.82. The summed E-state index contributed by atoms with van der Waals surface area (Å²) in [5, 5.41) is 9.04. The van der Waals surface area contributed by atoms with E-state index in [0.717, 1.165) is 5.39 Å². The van der Waals surface area contributed by atoms with Gasteiger partial charge in [0.05, 0.1) is 32.3 Å². The van der Waals surface area contributed by atoms with E-state index in [1.54, 1.807) is 39.2 Å². The zero-order valence-corrected chi connectivity index (χ0v) is 25.1. The fourth-order valence-corrected chi connectivity index (χ4v) is 4.91. The molecule has 0 radical (unpaired) electrons. The number of aromatic nitrogens is 1. The molecule has 230 valence electrons. The van der Waals surface area contributed by atoms with Crippen molar-refractivity contribution in [1.82, 2.24) is 20.9 Å². The Balaban J connectivity index is 1.75. The second-order valence-corrected chi connectivity index (χ2v) is 11.7. The first-order valence-corrected chi connectivity index (χ1v) is 14.1. The smallest absolute Gasteiger partial charge is 0.313 e. The predicted octanol–water partition coefficient (Wildman–Crippen LogP) is 2.12. The van der Waals surface area contributed by atoms with Crippen molar-refractivity contribution in [2.45, 2.75) is 59.0 Å². The van der Waals surface area contributed by atoms with Crippen LogP contribution in [-0.4, -0.2) is 80.5 Å². The van der Waals surface area contributed by atoms with Crippen LogP contribution in [-0.2, 0) is 28.7 Å². The van der Waals surface area contributed by atoms with Crippen molar-refractivity contribution < 1.29 is 38.2 Å². The summed E-state index contributed by atoms with van der Waals surface area (Å²) in [6, 6.07) is 5.09. The number of rotatable bonds is 15. The number of nitrogens with one attached hydrogen (secondary N) is 4. The molecule has 3 rings (SSSR count). The van der Waals surface area contributed by atoms with Gasteiger partial charge in [0.25, 0.3) is 5.91 Å². The molecule has 42 heavy (non-hydrogen) atoms. The van der Waals surface area contributed by atoms with Gasteiger partial charge in [0.1, 0.15) is 24.1 Å². The first kappa shape index (κ1) is 32.6. The van der Waals surface area contributed by atoms with E-state index >= 15 is 0 Å². The molecular formula is C30H42N4O8. The lowest BCUT2D eigenvalue weighted by Crippen LogP contribution is -2.53. The van der Waals surface area contributed by atoms with Gasteiger partial charge in [-0.3, -0.25) is 24.0 Å². The topological polar surface area (TPSA) is 165 Å². The monoisotopic (exact) mass is 586 g/mol. The lowest BCUT2D eigenvalue weighted by molar-refractivity contribution is -0.155. The number of hydrogen-bond donors (Lipinski definition) is 4. The van der Waals surface area contributed by atoms with Crippen LogP contribution < -0.4 is 20.7 Å². The van der Waals surface area contributed by atoms with E-state index in [1.165, 1.54) is 7.11 Å². The van der Waals surface area contributed by atoms with Crippen molar-refractivity contribution in [2.24, 2.45) is 17.3 Å². The van der Waals surface area contributed by atoms with Crippen LogP contribution in [0.4, 0.5) is 0 Å². The Kier molecular flexibility index (Phi) is 11.1. The van der Waals surface area contributed by atoms with Gasteiger partial charge in [0.15, 0.2) is 5.78 Å². The maximum Gasteiger partial charge on any atom is 0.313 e. The molecule has 12 nitrogen and oxygen atoms in total. The Labute approximate surface area is 245 Å². The van der Waals surface area contributed by atoms with Gasteiger partial charge < -0.3 is 35.1 Å². The van der Waals surface area contributed by atoms with Gasteiger partial charge in [-0.2, -0.15) is 0 Å². The van der Waals surface area contributed by atoms with Crippen LogP contribution in [0.5, 0.6) is 5.75 Å². The SMILES string of the molecule is COC(=O)C(C)(C)COCC(=O)[C@H](C[C@@H]1CCNC1=O)NC(=O)[C@H](CC(C)C)NC(=O)c1cc2c(OC)cccc2[nH]1. The van der Waals surface area contributed by atoms with Crippen molar-refractivity contribution in [1.29, 1.82) is 0 Å². The van der Waals surface area contributed by atoms with Crippen molar-refractivity contribution in [3.8, 4) is 5.75 Å². The standard InChI is InChI=1S/C30H42N4O8/c1-17(2)12-22(34-28(38)23-14-19-20(32-23)8-7-9-25(19)40-5)27(37)33-21(13-18-10-11-31-26(18)36)24(35)15-42-16-30(3,4)29(39)41-6/h7-9,14,17-18,21-22,32H,10-13,15-16H2,1-6H3,(H,31,36)(H,33,37)(H,34,38)/t18-,21-,22-/m0/s1. The van der Waals surface area contributed by atoms with Crippen LogP contribution in [0, 0.1) is 17.3 Å². The molecule has 1 aliphatic rings. The molecule has 1 aromatic heterocycles. The Hall–Kier alpha value is -3.93. The molecule has 1 fully saturated rings. The fraction of sp³-hybridized carbons (Fsp3) is 0.567. The summed E-state index contributed by atoms with van der Waals surface area (Å²) in [4.78, 5) is 67.3. The number of fused-ring (bicyclic) bond motifs is 1. The second-order valence-electron chi connectivity index (χ2n) is 11.7. The molecule has 1 saturated heterocycles. The van der Waals surface area contributed by atoms with Crippen LogP contribution in [0.1, 0.15) is 57.4 Å². The average molecular weight is 587 g/mol. The molecule has 3 atom stereocenters. The molecule has 1 aliphatic heterocycles. The van der Waals surface area contributed by atoms with Gasteiger partial charge in [-0.25, -0.2) is 0 Å². The predicted molar refractivity (Wildman–Crippen MR) is 155 cm³/mol. The summed E-state index contributed by atoms with van der Waals surface area (Å²) in [6.07, 6.45) is 0.935. The normalized spacial score (nSPS) is 16.5. The Morgan fingerprint density at radius 3 is 2.45 bits per heavy atom. The highest BCUT2D eigenvalue weighted by molar-refractivity contribution is 6.02. The molecule has 0 bridgehead atoms. The molecule has 0 unspecified atom stereocenters. The highest BCUT2D eigenvalue weighted by Crippen LogP contribution is 2.26. The number of hydrogen-bond acceptors (Lipinski definition) is 8. The third kappa shape index (κ3) is 8.31. The third-order valence-corrected chi connectivity index (χ3v) is 7.25. The quantitative estimate of drug-likeness (QED) is 0.231. The molecular weight excluding hydrogens is 544 g/mol. The van der Waals surface area contributed by atoms with Gasteiger partial charge in [-0.1, -0.05) is 19.9 Å². The van der Waals surface area contributed by atoms with Crippen LogP contribution >= 0.6 is 0 Å². The van der Waals surface area contributed by atoms with Crippen molar-refractivity contribution in [3.05, 3.63) is 30.0 Å². The molecule has 0 aliphatic carbocycles. The van der Waals surface area contributed by atoms with E-state index < -0.39 is 47.0 Å². The maximum atomic E-state index is 13.5. The number of ketones is 1. The number of H-pyrrole nitrogens is 1. The summed E-state index contributed by atoms with van der Waals surface area (Å²) >= 11 is 0. The molecule has 1 aromatic carbocycles. The third-order valence-electron chi connectivity index (χ3n) is 7.25. The van der Waals surface area contributed by atoms with E-state index in [4.69, 9.17) is 14.2 Å². The lowest BCUT2D eigenvalue weighted by atomic mass is 9.94. The van der Waals surface area contributed by atoms with E-state index in [9.17, 15) is 24.0 Å². The van der Waals surface area contributed by atoms with Gasteiger partial charge in [0.2, 0.25) is 11.8 Å². The zero-order chi connectivity index (χ0) is 31.0. The average Bonchev–Trinajstić information content (AvgIpc) is 3.57. The first-order valence-electron chi connectivity index (χ1n) is 14.1. The number of esters is 1. The minimum atomic E-state index is -1.03. The summed E-state index contributed by atoms with van der Waals surface area (Å²) in [5.41, 5.74) is -0.00792. The number of carbonyl (C=O) groups is 5. The molecule has 12 heteroatoms. The van der Waals surface area contributed by atoms with Crippen LogP contribution in [0.25, 0.3) is 10.9 Å². The molecule has 2 heterocycles. The number of Topliss-reactive ketones (excluding diaryl/α,β-unsaturated/α-hetero) is 1. The lowest BCUT2D eigenvalue weighted by Gasteiger charge is -2.26. The van der Waals surface area contributed by atoms with Crippen LogP contribution in [0.3, 0.4) is 0 Å². The number of amides is 3. The molecule has 0 saturated carbocycles. The van der Waals surface area contributed by atoms with Crippen LogP contribution in [0.2, 0.25) is 0 Å². The summed E-state index contributed by atoms with van der Waals surface area (Å²) in [5.74, 6) is -1.94. The van der Waals surface area contributed by atoms with E-state index in [0.29, 0.717) is 30.7 Å². The van der Waals surface area contributed by atoms with Gasteiger partial charge in [-0.15, -0.1) is 0 Å². The van der Waals surface area contributed by atoms with Crippen molar-refractivity contribution in [3.63, 3.8) is 0 Å². The highest BCUT2D eigenvalue weighted by Gasteiger charge is 2.34. The van der Waals surface area contributed by atoms with E-state index in [1.807, 2.05) is 19.9 Å². The molecule has 4 N–H and O–H groups in total. The number of methoxy groups -OCH3 is 2. The summed E-state index contributed by atoms with van der Waals surface area (Å²) in [6.45, 7) is 7.14. The maximum absolute atomic E-state index is 13.5. The van der Waals surface area contributed by atoms with E-state index in [2.05, 4.69) is 20.9 Å². The van der Waals surface area contributed by atoms with Crippen LogP contribution in [0.15, 0.2) is 24.3 Å². The summed E-state index contributed by atoms with van der Waals surface area (Å²) < 4.78 is 15.7. The number of benzene rings is 1. The van der Waals surface area contributed by atoms with Crippen molar-refractivity contribution >= 4 is 40.4 Å². The first-order chi connectivity index (χ1) is 19.9. The fourth-order valence-electron chi connectivity index (χ4n) is 4.91. The minimum absolute atomic E-state index is 0.0440. The highest BCUT2D eigenvalue weighted by atomic mass is 16.5. The number of aromatic amines is 1. The van der Waals surface area contributed by atoms with Gasteiger partial charge >= 0.3 is 5.97 Å². The van der Waals surface area contributed by atoms with Gasteiger partial charge in [-0.05, 0) is 57.2 Å². The Morgan fingerprint density at radius 2 is 1.83 bits per heavy atom. The molecule has 3 amide bonds. The van der Waals surface area contributed by atoms with Crippen molar-refractivity contribution in [2.75, 3.05) is 34.0 Å². The minimum Gasteiger partial charge on any atom is -0.496 e. The molecule has 2 aromatic rings. The Bertz CT molecular complexity index is 1300. The Morgan fingerprint density at radius 1 is 1.10 bits per heavy atom. The van der Waals surface area contributed by atoms with Gasteiger partial charge in [0, 0.05) is 23.4 Å².